The zero-order valence-corrected chi connectivity index (χ0v) is 19.5. The molecule has 2 bridgehead atoms. The second-order valence-corrected chi connectivity index (χ2v) is 10.9. The predicted octanol–water partition coefficient (Wildman–Crippen LogP) is 4.43. The van der Waals surface area contributed by atoms with E-state index < -0.39 is 0 Å². The summed E-state index contributed by atoms with van der Waals surface area (Å²) in [5.41, 5.74) is 0.818. The molecule has 4 aliphatic heterocycles. The van der Waals surface area contributed by atoms with Crippen LogP contribution in [0.15, 0.2) is 18.3 Å². The van der Waals surface area contributed by atoms with Gasteiger partial charge in [0.2, 0.25) is 0 Å². The van der Waals surface area contributed by atoms with Crippen molar-refractivity contribution < 1.29 is 4.79 Å². The number of amides is 1. The van der Waals surface area contributed by atoms with Crippen LogP contribution >= 0.6 is 0 Å². The lowest BCUT2D eigenvalue weighted by molar-refractivity contribution is -0.0369. The van der Waals surface area contributed by atoms with Crippen molar-refractivity contribution in [3.8, 4) is 0 Å². The Balaban J connectivity index is 1.36. The number of carbonyl (C=O) groups is 1. The lowest BCUT2D eigenvalue weighted by Gasteiger charge is -2.57. The standard InChI is InChI=1S/C26H40N4O/c1-19(2)8-9-24-22-15-21(23-7-3-4-14-30(23)24)17-29(18-22)25-16-20(10-11-27-25)26(31)28-12-5-6-13-28/h10-11,16,19,21-24H,3-9,12-15,17-18H2,1-2H3/t21-,22+,23+,24+/m1/s1. The van der Waals surface area contributed by atoms with Gasteiger partial charge < -0.3 is 9.80 Å². The minimum atomic E-state index is 0.187. The van der Waals surface area contributed by atoms with Crippen LogP contribution in [0.2, 0.25) is 0 Å². The largest absolute Gasteiger partial charge is 0.356 e. The van der Waals surface area contributed by atoms with Crippen LogP contribution in [0.1, 0.15) is 75.6 Å². The molecule has 0 N–H and O–H groups in total. The number of anilines is 1. The van der Waals surface area contributed by atoms with Crippen molar-refractivity contribution in [2.75, 3.05) is 37.6 Å². The lowest BCUT2D eigenvalue weighted by Crippen LogP contribution is -2.63. The third-order valence-electron chi connectivity index (χ3n) is 8.37. The summed E-state index contributed by atoms with van der Waals surface area (Å²) < 4.78 is 0. The molecule has 0 spiro atoms. The fraction of sp³-hybridized carbons (Fsp3) is 0.769. The number of pyridine rings is 1. The van der Waals surface area contributed by atoms with E-state index in [2.05, 4.69) is 29.7 Å². The third-order valence-corrected chi connectivity index (χ3v) is 8.37. The molecule has 4 aliphatic rings. The van der Waals surface area contributed by atoms with Crippen LogP contribution < -0.4 is 4.90 Å². The van der Waals surface area contributed by atoms with Crippen molar-refractivity contribution in [1.82, 2.24) is 14.8 Å². The number of fused-ring (bicyclic) bond motifs is 4. The van der Waals surface area contributed by atoms with Crippen molar-refractivity contribution in [2.45, 2.75) is 77.3 Å². The molecule has 0 aliphatic carbocycles. The second kappa shape index (κ2) is 9.09. The molecule has 0 unspecified atom stereocenters. The van der Waals surface area contributed by atoms with E-state index in [0.717, 1.165) is 80.2 Å². The monoisotopic (exact) mass is 424 g/mol. The molecule has 5 heteroatoms. The van der Waals surface area contributed by atoms with Crippen molar-refractivity contribution >= 4 is 11.7 Å². The maximum Gasteiger partial charge on any atom is 0.254 e. The minimum Gasteiger partial charge on any atom is -0.356 e. The Morgan fingerprint density at radius 1 is 1.10 bits per heavy atom. The predicted molar refractivity (Wildman–Crippen MR) is 125 cm³/mol. The molecule has 0 aromatic carbocycles. The van der Waals surface area contributed by atoms with Gasteiger partial charge in [-0.05, 0) is 81.4 Å². The number of rotatable bonds is 5. The van der Waals surface area contributed by atoms with Gasteiger partial charge >= 0.3 is 0 Å². The average molecular weight is 425 g/mol. The van der Waals surface area contributed by atoms with Gasteiger partial charge in [-0.15, -0.1) is 0 Å². The van der Waals surface area contributed by atoms with Gasteiger partial charge in [0.15, 0.2) is 0 Å². The van der Waals surface area contributed by atoms with Gasteiger partial charge in [0, 0.05) is 50.0 Å². The first kappa shape index (κ1) is 21.2. The number of nitrogens with zero attached hydrogens (tertiary/aromatic N) is 4. The molecule has 1 aromatic rings. The molecular weight excluding hydrogens is 384 g/mol. The summed E-state index contributed by atoms with van der Waals surface area (Å²) in [6, 6.07) is 5.45. The topological polar surface area (TPSA) is 39.7 Å². The van der Waals surface area contributed by atoms with Crippen molar-refractivity contribution in [3.05, 3.63) is 23.9 Å². The van der Waals surface area contributed by atoms with E-state index >= 15 is 0 Å². The number of aromatic nitrogens is 1. The lowest BCUT2D eigenvalue weighted by atomic mass is 9.71. The summed E-state index contributed by atoms with van der Waals surface area (Å²) in [7, 11) is 0. The smallest absolute Gasteiger partial charge is 0.254 e. The molecule has 31 heavy (non-hydrogen) atoms. The van der Waals surface area contributed by atoms with Crippen molar-refractivity contribution in [3.63, 3.8) is 0 Å². The van der Waals surface area contributed by atoms with Crippen LogP contribution in [0.5, 0.6) is 0 Å². The van der Waals surface area contributed by atoms with Crippen LogP contribution in [0, 0.1) is 17.8 Å². The van der Waals surface area contributed by atoms with Gasteiger partial charge in [-0.25, -0.2) is 4.98 Å². The fourth-order valence-corrected chi connectivity index (χ4v) is 6.82. The molecule has 170 valence electrons. The Morgan fingerprint density at radius 3 is 2.68 bits per heavy atom. The SMILES string of the molecule is CC(C)CC[C@H]1[C@H]2C[C@H](CN(c3cc(C(=O)N4CCCC4)ccn3)C2)[C@@H]2CCCCN21. The Hall–Kier alpha value is -1.62. The number of likely N-dealkylation sites (tertiary alicyclic amines) is 1. The maximum atomic E-state index is 12.9. The number of hydrogen-bond donors (Lipinski definition) is 0. The number of carbonyl (C=O) groups excluding carboxylic acids is 1. The molecule has 4 fully saturated rings. The molecular formula is C26H40N4O. The molecule has 4 saturated heterocycles. The fourth-order valence-electron chi connectivity index (χ4n) is 6.82. The Labute approximate surface area is 188 Å². The first-order valence-corrected chi connectivity index (χ1v) is 12.9. The van der Waals surface area contributed by atoms with E-state index in [1.54, 1.807) is 0 Å². The van der Waals surface area contributed by atoms with E-state index in [1.807, 2.05) is 17.2 Å². The second-order valence-electron chi connectivity index (χ2n) is 10.9. The Bertz CT molecular complexity index is 774. The van der Waals surface area contributed by atoms with Crippen molar-refractivity contribution in [1.29, 1.82) is 0 Å². The van der Waals surface area contributed by atoms with E-state index in [9.17, 15) is 4.79 Å². The first-order valence-electron chi connectivity index (χ1n) is 12.9. The van der Waals surface area contributed by atoms with Crippen LogP contribution in [0.25, 0.3) is 0 Å². The highest BCUT2D eigenvalue weighted by Gasteiger charge is 2.47. The molecule has 5 nitrogen and oxygen atoms in total. The Morgan fingerprint density at radius 2 is 1.87 bits per heavy atom. The van der Waals surface area contributed by atoms with Crippen LogP contribution in [0.3, 0.4) is 0 Å². The van der Waals surface area contributed by atoms with Crippen LogP contribution in [-0.4, -0.2) is 65.5 Å². The average Bonchev–Trinajstić information content (AvgIpc) is 3.33. The van der Waals surface area contributed by atoms with E-state index in [1.165, 1.54) is 45.1 Å². The highest BCUT2D eigenvalue weighted by molar-refractivity contribution is 5.95. The van der Waals surface area contributed by atoms with Gasteiger partial charge in [0.25, 0.3) is 5.91 Å². The zero-order chi connectivity index (χ0) is 21.4. The van der Waals surface area contributed by atoms with Gasteiger partial charge in [-0.1, -0.05) is 20.3 Å². The van der Waals surface area contributed by atoms with E-state index in [4.69, 9.17) is 4.98 Å². The summed E-state index contributed by atoms with van der Waals surface area (Å²) in [5, 5.41) is 0. The van der Waals surface area contributed by atoms with E-state index in [0.29, 0.717) is 0 Å². The normalized spacial score (nSPS) is 31.2. The molecule has 0 saturated carbocycles. The molecule has 1 amide bonds. The minimum absolute atomic E-state index is 0.187. The van der Waals surface area contributed by atoms with Gasteiger partial charge in [-0.3, -0.25) is 9.69 Å². The van der Waals surface area contributed by atoms with Gasteiger partial charge in [0.1, 0.15) is 5.82 Å². The quantitative estimate of drug-likeness (QED) is 0.701. The number of piperidine rings is 3. The first-order chi connectivity index (χ1) is 15.1. The molecule has 5 heterocycles. The molecule has 0 radical (unpaired) electrons. The summed E-state index contributed by atoms with van der Waals surface area (Å²) in [4.78, 5) is 25.1. The zero-order valence-electron chi connectivity index (χ0n) is 19.5. The highest BCUT2D eigenvalue weighted by atomic mass is 16.2. The van der Waals surface area contributed by atoms with Crippen LogP contribution in [-0.2, 0) is 0 Å². The Kier molecular flexibility index (Phi) is 6.23. The summed E-state index contributed by atoms with van der Waals surface area (Å²) in [5.74, 6) is 3.45. The summed E-state index contributed by atoms with van der Waals surface area (Å²) in [6.07, 6.45) is 12.3. The molecule has 1 aromatic heterocycles. The third kappa shape index (κ3) is 4.35. The molecule has 4 atom stereocenters. The van der Waals surface area contributed by atoms with E-state index in [-0.39, 0.29) is 5.91 Å². The summed E-state index contributed by atoms with van der Waals surface area (Å²) in [6.45, 7) is 10.0. The number of hydrogen-bond acceptors (Lipinski definition) is 4. The van der Waals surface area contributed by atoms with Gasteiger partial charge in [-0.2, -0.15) is 0 Å². The van der Waals surface area contributed by atoms with Crippen molar-refractivity contribution in [2.24, 2.45) is 17.8 Å². The van der Waals surface area contributed by atoms with Crippen LogP contribution in [0.4, 0.5) is 5.82 Å². The summed E-state index contributed by atoms with van der Waals surface area (Å²) >= 11 is 0. The molecule has 5 rings (SSSR count). The van der Waals surface area contributed by atoms with Gasteiger partial charge in [0.05, 0.1) is 0 Å². The maximum absolute atomic E-state index is 12.9. The highest BCUT2D eigenvalue weighted by Crippen LogP contribution is 2.43.